The van der Waals surface area contributed by atoms with E-state index in [-0.39, 0.29) is 35.4 Å². The molecule has 7 nitrogen and oxygen atoms in total. The molecule has 0 spiro atoms. The molecule has 1 aromatic carbocycles. The first-order valence-corrected chi connectivity index (χ1v) is 7.95. The molecular formula is C18H23N3O4. The van der Waals surface area contributed by atoms with Crippen molar-refractivity contribution in [2.45, 2.75) is 0 Å². The lowest BCUT2D eigenvalue weighted by molar-refractivity contribution is -0.128. The van der Waals surface area contributed by atoms with Crippen LogP contribution in [-0.4, -0.2) is 75.2 Å². The first-order valence-electron chi connectivity index (χ1n) is 7.95. The number of likely N-dealkylation sites (N-methyl/N-ethyl adjacent to an activating group) is 2. The molecule has 0 fully saturated rings. The van der Waals surface area contributed by atoms with Crippen molar-refractivity contribution in [2.75, 3.05) is 47.9 Å². The van der Waals surface area contributed by atoms with Gasteiger partial charge in [-0.3, -0.25) is 14.4 Å². The normalized spacial score (nSPS) is 14.0. The van der Waals surface area contributed by atoms with Gasteiger partial charge in [-0.05, 0) is 14.1 Å². The molecule has 0 saturated carbocycles. The van der Waals surface area contributed by atoms with Crippen molar-refractivity contribution in [1.29, 1.82) is 0 Å². The van der Waals surface area contributed by atoms with Gasteiger partial charge in [0.2, 0.25) is 17.5 Å². The minimum atomic E-state index is -0.343. The molecule has 0 atom stereocenters. The highest BCUT2D eigenvalue weighted by atomic mass is 16.5. The Morgan fingerprint density at radius 3 is 2.24 bits per heavy atom. The van der Waals surface area contributed by atoms with Crippen LogP contribution < -0.4 is 5.32 Å². The Labute approximate surface area is 147 Å². The van der Waals surface area contributed by atoms with Crippen LogP contribution in [0.3, 0.4) is 0 Å². The van der Waals surface area contributed by atoms with E-state index in [1.807, 2.05) is 0 Å². The number of nitrogens with zero attached hydrogens (tertiary/aromatic N) is 2. The van der Waals surface area contributed by atoms with Crippen molar-refractivity contribution in [3.05, 3.63) is 46.8 Å². The van der Waals surface area contributed by atoms with E-state index in [0.717, 1.165) is 0 Å². The lowest BCUT2D eigenvalue weighted by Crippen LogP contribution is -2.42. The standard InChI is InChI=1S/C18H23N3O4/c1-20(2)11-14(22)21(3)16-15(19-9-10-25-4)17(23)12-7-5-6-8-13(12)18(16)24/h5-8,19H,9-11H2,1-4H3. The van der Waals surface area contributed by atoms with E-state index in [1.54, 1.807) is 50.4 Å². The van der Waals surface area contributed by atoms with E-state index >= 15 is 0 Å². The van der Waals surface area contributed by atoms with Gasteiger partial charge in [-0.1, -0.05) is 24.3 Å². The third-order valence-corrected chi connectivity index (χ3v) is 3.86. The lowest BCUT2D eigenvalue weighted by atomic mass is 9.89. The quantitative estimate of drug-likeness (QED) is 0.727. The molecular weight excluding hydrogens is 322 g/mol. The summed E-state index contributed by atoms with van der Waals surface area (Å²) in [6, 6.07) is 6.63. The van der Waals surface area contributed by atoms with Crippen molar-refractivity contribution in [1.82, 2.24) is 15.1 Å². The van der Waals surface area contributed by atoms with Crippen LogP contribution in [-0.2, 0) is 9.53 Å². The van der Waals surface area contributed by atoms with Gasteiger partial charge in [0.05, 0.1) is 13.2 Å². The molecule has 0 heterocycles. The molecule has 1 aromatic rings. The molecule has 7 heteroatoms. The number of nitrogens with one attached hydrogen (secondary N) is 1. The van der Waals surface area contributed by atoms with E-state index < -0.39 is 0 Å². The number of hydrogen-bond donors (Lipinski definition) is 1. The Morgan fingerprint density at radius 2 is 1.68 bits per heavy atom. The highest BCUT2D eigenvalue weighted by Crippen LogP contribution is 2.26. The average molecular weight is 345 g/mol. The molecule has 0 aromatic heterocycles. The van der Waals surface area contributed by atoms with Crippen molar-refractivity contribution < 1.29 is 19.1 Å². The monoisotopic (exact) mass is 345 g/mol. The summed E-state index contributed by atoms with van der Waals surface area (Å²) in [5, 5.41) is 2.96. The largest absolute Gasteiger partial charge is 0.383 e. The van der Waals surface area contributed by atoms with Gasteiger partial charge in [0.25, 0.3) is 0 Å². The SMILES string of the molecule is COCCNC1=C(N(C)C(=O)CN(C)C)C(=O)c2ccccc2C1=O. The van der Waals surface area contributed by atoms with E-state index in [2.05, 4.69) is 5.32 Å². The highest BCUT2D eigenvalue weighted by Gasteiger charge is 2.35. The number of carbonyl (C=O) groups excluding carboxylic acids is 3. The van der Waals surface area contributed by atoms with E-state index in [1.165, 1.54) is 11.9 Å². The summed E-state index contributed by atoms with van der Waals surface area (Å²) < 4.78 is 4.99. The van der Waals surface area contributed by atoms with Crippen molar-refractivity contribution in [2.24, 2.45) is 0 Å². The number of Topliss-reactive ketones (excluding diaryl/α,β-unsaturated/α-hetero) is 2. The molecule has 0 radical (unpaired) electrons. The Kier molecular flexibility index (Phi) is 6.06. The van der Waals surface area contributed by atoms with Gasteiger partial charge < -0.3 is 19.9 Å². The molecule has 1 amide bonds. The number of methoxy groups -OCH3 is 1. The van der Waals surface area contributed by atoms with Crippen molar-refractivity contribution in [3.63, 3.8) is 0 Å². The molecule has 0 bridgehead atoms. The topological polar surface area (TPSA) is 79.0 Å². The first-order chi connectivity index (χ1) is 11.9. The van der Waals surface area contributed by atoms with Crippen LogP contribution >= 0.6 is 0 Å². The lowest BCUT2D eigenvalue weighted by Gasteiger charge is -2.28. The summed E-state index contributed by atoms with van der Waals surface area (Å²) >= 11 is 0. The Hall–Kier alpha value is -2.51. The van der Waals surface area contributed by atoms with Gasteiger partial charge in [0.1, 0.15) is 11.4 Å². The fourth-order valence-electron chi connectivity index (χ4n) is 2.63. The number of amides is 1. The summed E-state index contributed by atoms with van der Waals surface area (Å²) in [6.07, 6.45) is 0. The van der Waals surface area contributed by atoms with Crippen LogP contribution in [0.2, 0.25) is 0 Å². The van der Waals surface area contributed by atoms with E-state index in [9.17, 15) is 14.4 Å². The molecule has 0 aliphatic heterocycles. The summed E-state index contributed by atoms with van der Waals surface area (Å²) in [7, 11) is 6.59. The second-order valence-electron chi connectivity index (χ2n) is 6.04. The smallest absolute Gasteiger partial charge is 0.241 e. The highest BCUT2D eigenvalue weighted by molar-refractivity contribution is 6.27. The number of benzene rings is 1. The van der Waals surface area contributed by atoms with Crippen molar-refractivity contribution in [3.8, 4) is 0 Å². The molecule has 1 aliphatic carbocycles. The first kappa shape index (κ1) is 18.8. The molecule has 25 heavy (non-hydrogen) atoms. The second-order valence-corrected chi connectivity index (χ2v) is 6.04. The summed E-state index contributed by atoms with van der Waals surface area (Å²) in [5.74, 6) is -0.915. The van der Waals surface area contributed by atoms with Crippen molar-refractivity contribution >= 4 is 17.5 Å². The van der Waals surface area contributed by atoms with Crippen LogP contribution in [0.5, 0.6) is 0 Å². The third kappa shape index (κ3) is 3.94. The van der Waals surface area contributed by atoms with Crippen LogP contribution in [0.25, 0.3) is 0 Å². The van der Waals surface area contributed by atoms with Gasteiger partial charge in [0, 0.05) is 31.8 Å². The number of allylic oxidation sites excluding steroid dienone is 2. The van der Waals surface area contributed by atoms with Gasteiger partial charge >= 0.3 is 0 Å². The number of fused-ring (bicyclic) bond motifs is 1. The van der Waals surface area contributed by atoms with Gasteiger partial charge in [-0.15, -0.1) is 0 Å². The van der Waals surface area contributed by atoms with Gasteiger partial charge in [0.15, 0.2) is 0 Å². The maximum Gasteiger partial charge on any atom is 0.241 e. The predicted octanol–water partition coefficient (Wildman–Crippen LogP) is 0.533. The number of hydrogen-bond acceptors (Lipinski definition) is 6. The fraction of sp³-hybridized carbons (Fsp3) is 0.389. The van der Waals surface area contributed by atoms with Gasteiger partial charge in [-0.2, -0.15) is 0 Å². The third-order valence-electron chi connectivity index (χ3n) is 3.86. The molecule has 0 unspecified atom stereocenters. The Bertz CT molecular complexity index is 725. The van der Waals surface area contributed by atoms with Crippen LogP contribution in [0, 0.1) is 0 Å². The zero-order valence-corrected chi connectivity index (χ0v) is 15.0. The maximum absolute atomic E-state index is 12.9. The second kappa shape index (κ2) is 8.04. The summed E-state index contributed by atoms with van der Waals surface area (Å²) in [5.41, 5.74) is 0.857. The fourth-order valence-corrected chi connectivity index (χ4v) is 2.63. The molecule has 0 saturated heterocycles. The predicted molar refractivity (Wildman–Crippen MR) is 93.3 cm³/mol. The minimum Gasteiger partial charge on any atom is -0.383 e. The van der Waals surface area contributed by atoms with Crippen LogP contribution in [0.1, 0.15) is 20.7 Å². The Balaban J connectivity index is 2.47. The number of rotatable bonds is 7. The zero-order valence-electron chi connectivity index (χ0n) is 15.0. The zero-order chi connectivity index (χ0) is 18.6. The number of ether oxygens (including phenoxy) is 1. The van der Waals surface area contributed by atoms with Gasteiger partial charge in [-0.25, -0.2) is 0 Å². The molecule has 134 valence electrons. The van der Waals surface area contributed by atoms with E-state index in [0.29, 0.717) is 24.3 Å². The average Bonchev–Trinajstić information content (AvgIpc) is 2.58. The molecule has 2 rings (SSSR count). The summed E-state index contributed by atoms with van der Waals surface area (Å²) in [4.78, 5) is 41.2. The van der Waals surface area contributed by atoms with E-state index in [4.69, 9.17) is 4.74 Å². The molecule has 1 aliphatic rings. The minimum absolute atomic E-state index is 0.0756. The van der Waals surface area contributed by atoms with Crippen LogP contribution in [0.15, 0.2) is 35.7 Å². The number of carbonyl (C=O) groups is 3. The number of ketones is 2. The Morgan fingerprint density at radius 1 is 1.08 bits per heavy atom. The summed E-state index contributed by atoms with van der Waals surface area (Å²) in [6.45, 7) is 0.857. The molecule has 1 N–H and O–H groups in total. The van der Waals surface area contributed by atoms with Crippen LogP contribution in [0.4, 0.5) is 0 Å². The maximum atomic E-state index is 12.9.